The number of carbonyl (C=O) groups excluding carboxylic acids is 1. The molecule has 0 N–H and O–H groups in total. The van der Waals surface area contributed by atoms with Crippen molar-refractivity contribution in [2.24, 2.45) is 0 Å². The minimum absolute atomic E-state index is 0.132. The lowest BCUT2D eigenvalue weighted by Gasteiger charge is -2.33. The molecule has 1 aromatic heterocycles. The molecule has 1 amide bonds. The summed E-state index contributed by atoms with van der Waals surface area (Å²) in [4.78, 5) is 20.1. The van der Waals surface area contributed by atoms with Gasteiger partial charge in [0.1, 0.15) is 0 Å². The first-order valence-electron chi connectivity index (χ1n) is 8.87. The van der Waals surface area contributed by atoms with Crippen molar-refractivity contribution < 1.29 is 22.5 Å². The average molecular weight is 382 g/mol. The Bertz CT molecular complexity index is 783. The van der Waals surface area contributed by atoms with Gasteiger partial charge in [-0.3, -0.25) is 9.69 Å². The first-order chi connectivity index (χ1) is 12.9. The summed E-state index contributed by atoms with van der Waals surface area (Å²) in [5.74, 6) is 0.644. The van der Waals surface area contributed by atoms with E-state index in [1.165, 1.54) is 12.1 Å². The average Bonchev–Trinajstić information content (AvgIpc) is 3.10. The number of piperazine rings is 1. The van der Waals surface area contributed by atoms with Gasteiger partial charge in [0.2, 0.25) is 17.6 Å². The van der Waals surface area contributed by atoms with Crippen LogP contribution in [0, 0.1) is 0 Å². The molecule has 1 saturated heterocycles. The van der Waals surface area contributed by atoms with Crippen LogP contribution in [-0.2, 0) is 17.5 Å². The topological polar surface area (TPSA) is 62.5 Å². The van der Waals surface area contributed by atoms with Gasteiger partial charge in [-0.05, 0) is 18.6 Å². The largest absolute Gasteiger partial charge is 0.416 e. The SMILES string of the molecule is CCCC(=O)N1CCN(Cc2nc(-c3cccc(C(F)(F)F)c3)no2)CC1. The maximum absolute atomic E-state index is 12.8. The molecule has 0 atom stereocenters. The molecule has 0 spiro atoms. The summed E-state index contributed by atoms with van der Waals surface area (Å²) >= 11 is 0. The molecule has 1 aromatic carbocycles. The van der Waals surface area contributed by atoms with Crippen molar-refractivity contribution in [3.05, 3.63) is 35.7 Å². The molecule has 2 heterocycles. The van der Waals surface area contributed by atoms with Crippen molar-refractivity contribution in [1.82, 2.24) is 19.9 Å². The van der Waals surface area contributed by atoms with Gasteiger partial charge < -0.3 is 9.42 Å². The molecule has 0 radical (unpaired) electrons. The number of carbonyl (C=O) groups is 1. The van der Waals surface area contributed by atoms with E-state index in [1.807, 2.05) is 11.8 Å². The van der Waals surface area contributed by atoms with Crippen LogP contribution in [0.15, 0.2) is 28.8 Å². The lowest BCUT2D eigenvalue weighted by atomic mass is 10.1. The monoisotopic (exact) mass is 382 g/mol. The number of hydrogen-bond acceptors (Lipinski definition) is 5. The molecule has 9 heteroatoms. The molecule has 1 fully saturated rings. The van der Waals surface area contributed by atoms with E-state index in [4.69, 9.17) is 4.52 Å². The summed E-state index contributed by atoms with van der Waals surface area (Å²) in [6.07, 6.45) is -3.03. The van der Waals surface area contributed by atoms with E-state index in [0.29, 0.717) is 45.0 Å². The van der Waals surface area contributed by atoms with Crippen LogP contribution >= 0.6 is 0 Å². The number of hydrogen-bond donors (Lipinski definition) is 0. The van der Waals surface area contributed by atoms with Crippen molar-refractivity contribution in [3.8, 4) is 11.4 Å². The zero-order valence-corrected chi connectivity index (χ0v) is 15.0. The molecule has 0 aliphatic carbocycles. The van der Waals surface area contributed by atoms with Gasteiger partial charge in [0.05, 0.1) is 12.1 Å². The van der Waals surface area contributed by atoms with Gasteiger partial charge >= 0.3 is 6.18 Å². The van der Waals surface area contributed by atoms with E-state index in [9.17, 15) is 18.0 Å². The lowest BCUT2D eigenvalue weighted by molar-refractivity contribution is -0.137. The highest BCUT2D eigenvalue weighted by Crippen LogP contribution is 2.31. The summed E-state index contributed by atoms with van der Waals surface area (Å²) in [7, 11) is 0. The van der Waals surface area contributed by atoms with Crippen LogP contribution in [0.25, 0.3) is 11.4 Å². The Morgan fingerprint density at radius 1 is 1.22 bits per heavy atom. The minimum atomic E-state index is -4.42. The summed E-state index contributed by atoms with van der Waals surface area (Å²) < 4.78 is 43.7. The number of aromatic nitrogens is 2. The second-order valence-electron chi connectivity index (χ2n) is 6.50. The molecule has 3 rings (SSSR count). The van der Waals surface area contributed by atoms with Crippen molar-refractivity contribution in [2.45, 2.75) is 32.5 Å². The molecule has 1 aliphatic rings. The Morgan fingerprint density at radius 3 is 2.63 bits per heavy atom. The van der Waals surface area contributed by atoms with Crippen molar-refractivity contribution in [2.75, 3.05) is 26.2 Å². The van der Waals surface area contributed by atoms with Gasteiger partial charge in [0.25, 0.3) is 0 Å². The van der Waals surface area contributed by atoms with Gasteiger partial charge in [-0.25, -0.2) is 0 Å². The maximum Gasteiger partial charge on any atom is 0.416 e. The van der Waals surface area contributed by atoms with E-state index in [2.05, 4.69) is 15.0 Å². The predicted octanol–water partition coefficient (Wildman–Crippen LogP) is 3.20. The van der Waals surface area contributed by atoms with Crippen LogP contribution in [0.5, 0.6) is 0 Å². The highest BCUT2D eigenvalue weighted by atomic mass is 19.4. The van der Waals surface area contributed by atoms with Crippen molar-refractivity contribution >= 4 is 5.91 Å². The lowest BCUT2D eigenvalue weighted by Crippen LogP contribution is -2.48. The quantitative estimate of drug-likeness (QED) is 0.795. The van der Waals surface area contributed by atoms with E-state index in [-0.39, 0.29) is 17.3 Å². The fourth-order valence-electron chi connectivity index (χ4n) is 2.99. The standard InChI is InChI=1S/C18H21F3N4O2/c1-2-4-16(26)25-9-7-24(8-10-25)12-15-22-17(23-27-15)13-5-3-6-14(11-13)18(19,20)21/h3,5-6,11H,2,4,7-10,12H2,1H3. The number of nitrogens with zero attached hydrogens (tertiary/aromatic N) is 4. The molecule has 146 valence electrons. The van der Waals surface area contributed by atoms with Crippen LogP contribution in [-0.4, -0.2) is 52.0 Å². The highest BCUT2D eigenvalue weighted by Gasteiger charge is 2.31. The Labute approximate surface area is 154 Å². The molecule has 2 aromatic rings. The number of alkyl halides is 3. The smallest absolute Gasteiger partial charge is 0.340 e. The van der Waals surface area contributed by atoms with E-state index >= 15 is 0 Å². The highest BCUT2D eigenvalue weighted by molar-refractivity contribution is 5.76. The second kappa shape index (κ2) is 8.08. The first-order valence-corrected chi connectivity index (χ1v) is 8.87. The van der Waals surface area contributed by atoms with Crippen LogP contribution in [0.4, 0.5) is 13.2 Å². The zero-order chi connectivity index (χ0) is 19.4. The zero-order valence-electron chi connectivity index (χ0n) is 15.0. The number of benzene rings is 1. The van der Waals surface area contributed by atoms with E-state index in [1.54, 1.807) is 0 Å². The number of halogens is 3. The van der Waals surface area contributed by atoms with E-state index < -0.39 is 11.7 Å². The normalized spacial score (nSPS) is 15.9. The molecular formula is C18H21F3N4O2. The molecule has 6 nitrogen and oxygen atoms in total. The molecule has 0 saturated carbocycles. The third kappa shape index (κ3) is 4.85. The third-order valence-electron chi connectivity index (χ3n) is 4.46. The number of rotatable bonds is 5. The van der Waals surface area contributed by atoms with Gasteiger partial charge in [-0.2, -0.15) is 18.2 Å². The Hall–Kier alpha value is -2.42. The molecule has 27 heavy (non-hydrogen) atoms. The summed E-state index contributed by atoms with van der Waals surface area (Å²) in [5, 5.41) is 3.80. The maximum atomic E-state index is 12.8. The Kier molecular flexibility index (Phi) is 5.79. The van der Waals surface area contributed by atoms with Crippen LogP contribution in [0.2, 0.25) is 0 Å². The van der Waals surface area contributed by atoms with E-state index in [0.717, 1.165) is 18.6 Å². The summed E-state index contributed by atoms with van der Waals surface area (Å²) in [6.45, 7) is 5.06. The molecule has 1 aliphatic heterocycles. The molecule has 0 bridgehead atoms. The minimum Gasteiger partial charge on any atom is -0.340 e. The summed E-state index contributed by atoms with van der Waals surface area (Å²) in [5.41, 5.74) is -0.492. The third-order valence-corrected chi connectivity index (χ3v) is 4.46. The van der Waals surface area contributed by atoms with Crippen LogP contribution in [0.1, 0.15) is 31.2 Å². The van der Waals surface area contributed by atoms with Crippen molar-refractivity contribution in [1.29, 1.82) is 0 Å². The van der Waals surface area contributed by atoms with Gasteiger partial charge in [-0.1, -0.05) is 24.2 Å². The first kappa shape index (κ1) is 19.3. The molecule has 0 unspecified atom stereocenters. The number of amides is 1. The predicted molar refractivity (Wildman–Crippen MR) is 91.5 cm³/mol. The van der Waals surface area contributed by atoms with Gasteiger partial charge in [-0.15, -0.1) is 0 Å². The van der Waals surface area contributed by atoms with Gasteiger partial charge in [0, 0.05) is 38.2 Å². The van der Waals surface area contributed by atoms with Crippen LogP contribution < -0.4 is 0 Å². The Morgan fingerprint density at radius 2 is 1.96 bits per heavy atom. The Balaban J connectivity index is 1.60. The summed E-state index contributed by atoms with van der Waals surface area (Å²) in [6, 6.07) is 4.85. The fraction of sp³-hybridized carbons (Fsp3) is 0.500. The second-order valence-corrected chi connectivity index (χ2v) is 6.50. The fourth-order valence-corrected chi connectivity index (χ4v) is 2.99. The van der Waals surface area contributed by atoms with Gasteiger partial charge in [0.15, 0.2) is 0 Å². The molecular weight excluding hydrogens is 361 g/mol. The van der Waals surface area contributed by atoms with Crippen LogP contribution in [0.3, 0.4) is 0 Å². The van der Waals surface area contributed by atoms with Crippen molar-refractivity contribution in [3.63, 3.8) is 0 Å².